The molecular weight excluding hydrogens is 174 g/mol. The van der Waals surface area contributed by atoms with Crippen LogP contribution in [0, 0.1) is 0 Å². The summed E-state index contributed by atoms with van der Waals surface area (Å²) in [5.41, 5.74) is 1.04. The molecule has 1 aromatic heterocycles. The topological polar surface area (TPSA) is 27.8 Å². The van der Waals surface area contributed by atoms with Gasteiger partial charge in [0.1, 0.15) is 0 Å². The van der Waals surface area contributed by atoms with E-state index >= 15 is 0 Å². The van der Waals surface area contributed by atoms with Crippen LogP contribution in [-0.2, 0) is 6.54 Å². The average molecular weight is 186 g/mol. The molecule has 1 aromatic rings. The lowest BCUT2D eigenvalue weighted by Gasteiger charge is -2.35. The lowest BCUT2D eigenvalue weighted by Crippen LogP contribution is -2.48. The van der Waals surface area contributed by atoms with Crippen molar-refractivity contribution >= 4 is 0 Å². The molecule has 0 aliphatic heterocycles. The summed E-state index contributed by atoms with van der Waals surface area (Å²) in [5, 5.41) is 3.07. The maximum Gasteiger partial charge on any atom is 0.251 e. The fourth-order valence-corrected chi connectivity index (χ4v) is 1.54. The van der Waals surface area contributed by atoms with Gasteiger partial charge in [0, 0.05) is 37.3 Å². The number of hydrogen-bond acceptors (Lipinski definition) is 1. The Morgan fingerprint density at radius 2 is 2.31 bits per heavy atom. The van der Waals surface area contributed by atoms with Crippen LogP contribution in [0.15, 0.2) is 18.3 Å². The van der Waals surface area contributed by atoms with Gasteiger partial charge in [-0.15, -0.1) is 0 Å². The van der Waals surface area contributed by atoms with Gasteiger partial charge in [0.05, 0.1) is 0 Å². The van der Waals surface area contributed by atoms with Crippen molar-refractivity contribution in [3.63, 3.8) is 0 Å². The molecule has 0 atom stereocenters. The quantitative estimate of drug-likeness (QED) is 0.741. The summed E-state index contributed by atoms with van der Waals surface area (Å²) < 4.78 is 24.8. The molecule has 4 heteroatoms. The summed E-state index contributed by atoms with van der Waals surface area (Å²) in [7, 11) is 0. The van der Waals surface area contributed by atoms with E-state index in [0.717, 1.165) is 5.69 Å². The first-order valence-corrected chi connectivity index (χ1v) is 4.39. The van der Waals surface area contributed by atoms with Crippen LogP contribution in [0.3, 0.4) is 0 Å². The van der Waals surface area contributed by atoms with E-state index < -0.39 is 5.92 Å². The Morgan fingerprint density at radius 1 is 1.54 bits per heavy atom. The number of aromatic amines is 1. The first-order valence-electron chi connectivity index (χ1n) is 4.39. The number of H-pyrrole nitrogens is 1. The number of alkyl halides is 2. The molecule has 1 fully saturated rings. The van der Waals surface area contributed by atoms with Gasteiger partial charge in [-0.05, 0) is 12.1 Å². The Bertz CT molecular complexity index is 261. The Balaban J connectivity index is 1.71. The van der Waals surface area contributed by atoms with Crippen LogP contribution in [0.4, 0.5) is 8.78 Å². The molecule has 0 bridgehead atoms. The van der Waals surface area contributed by atoms with E-state index in [9.17, 15) is 8.78 Å². The van der Waals surface area contributed by atoms with Gasteiger partial charge in [0.25, 0.3) is 5.92 Å². The molecular formula is C9H12F2N2. The average Bonchev–Trinajstić information content (AvgIpc) is 2.48. The minimum Gasteiger partial charge on any atom is -0.364 e. The first-order chi connectivity index (χ1) is 6.16. The van der Waals surface area contributed by atoms with Crippen molar-refractivity contribution in [1.82, 2.24) is 10.3 Å². The molecule has 13 heavy (non-hydrogen) atoms. The largest absolute Gasteiger partial charge is 0.364 e. The molecule has 1 aliphatic carbocycles. The summed E-state index contributed by atoms with van der Waals surface area (Å²) in [6, 6.07) is 3.81. The van der Waals surface area contributed by atoms with Gasteiger partial charge in [0.15, 0.2) is 0 Å². The van der Waals surface area contributed by atoms with Crippen molar-refractivity contribution < 1.29 is 8.78 Å². The smallest absolute Gasteiger partial charge is 0.251 e. The lowest BCUT2D eigenvalue weighted by molar-refractivity contribution is -0.0930. The van der Waals surface area contributed by atoms with Crippen LogP contribution in [0.25, 0.3) is 0 Å². The maximum absolute atomic E-state index is 12.4. The Hall–Kier alpha value is -0.900. The number of hydrogen-bond donors (Lipinski definition) is 2. The van der Waals surface area contributed by atoms with Crippen molar-refractivity contribution in [3.05, 3.63) is 24.0 Å². The molecule has 2 nitrogen and oxygen atoms in total. The van der Waals surface area contributed by atoms with E-state index in [1.807, 2.05) is 18.3 Å². The number of aromatic nitrogens is 1. The minimum absolute atomic E-state index is 0.0155. The zero-order valence-electron chi connectivity index (χ0n) is 7.19. The van der Waals surface area contributed by atoms with Gasteiger partial charge < -0.3 is 10.3 Å². The fourth-order valence-electron chi connectivity index (χ4n) is 1.54. The lowest BCUT2D eigenvalue weighted by atomic mass is 9.88. The third-order valence-electron chi connectivity index (χ3n) is 2.33. The van der Waals surface area contributed by atoms with Crippen LogP contribution in [0.5, 0.6) is 0 Å². The second kappa shape index (κ2) is 3.10. The van der Waals surface area contributed by atoms with E-state index in [1.165, 1.54) is 0 Å². The van der Waals surface area contributed by atoms with Crippen LogP contribution in [-0.4, -0.2) is 16.9 Å². The van der Waals surface area contributed by atoms with Gasteiger partial charge in [-0.25, -0.2) is 8.78 Å². The van der Waals surface area contributed by atoms with Crippen LogP contribution >= 0.6 is 0 Å². The normalized spacial score (nSPS) is 21.4. The highest BCUT2D eigenvalue weighted by atomic mass is 19.3. The fraction of sp³-hybridized carbons (Fsp3) is 0.556. The molecule has 0 spiro atoms. The van der Waals surface area contributed by atoms with Crippen LogP contribution < -0.4 is 5.32 Å². The summed E-state index contributed by atoms with van der Waals surface area (Å²) in [4.78, 5) is 3.01. The number of nitrogens with one attached hydrogen (secondary N) is 2. The van der Waals surface area contributed by atoms with Crippen LogP contribution in [0.2, 0.25) is 0 Å². The van der Waals surface area contributed by atoms with Gasteiger partial charge in [-0.3, -0.25) is 0 Å². The highest BCUT2D eigenvalue weighted by Gasteiger charge is 2.44. The first kappa shape index (κ1) is 8.69. The van der Waals surface area contributed by atoms with Gasteiger partial charge >= 0.3 is 0 Å². The summed E-state index contributed by atoms with van der Waals surface area (Å²) in [6.45, 7) is 0.647. The SMILES string of the molecule is FC1(F)CC(NCc2ccc[nH]2)C1. The summed E-state index contributed by atoms with van der Waals surface area (Å²) >= 11 is 0. The van der Waals surface area contributed by atoms with Crippen molar-refractivity contribution in [2.45, 2.75) is 31.4 Å². The zero-order valence-corrected chi connectivity index (χ0v) is 7.19. The predicted octanol–water partition coefficient (Wildman–Crippen LogP) is 1.90. The molecule has 0 unspecified atom stereocenters. The predicted molar refractivity (Wildman–Crippen MR) is 45.6 cm³/mol. The second-order valence-electron chi connectivity index (χ2n) is 3.54. The Kier molecular flexibility index (Phi) is 2.07. The van der Waals surface area contributed by atoms with Crippen molar-refractivity contribution in [2.75, 3.05) is 0 Å². The van der Waals surface area contributed by atoms with Crippen LogP contribution in [0.1, 0.15) is 18.5 Å². The van der Waals surface area contributed by atoms with Gasteiger partial charge in [0.2, 0.25) is 0 Å². The summed E-state index contributed by atoms with van der Waals surface area (Å²) in [5.74, 6) is -2.42. The monoisotopic (exact) mass is 186 g/mol. The molecule has 72 valence electrons. The zero-order chi connectivity index (χ0) is 9.31. The van der Waals surface area contributed by atoms with E-state index in [0.29, 0.717) is 6.54 Å². The maximum atomic E-state index is 12.4. The molecule has 1 aliphatic rings. The van der Waals surface area contributed by atoms with Gasteiger partial charge in [-0.1, -0.05) is 0 Å². The third kappa shape index (κ3) is 2.06. The second-order valence-corrected chi connectivity index (χ2v) is 3.54. The molecule has 1 heterocycles. The molecule has 1 saturated carbocycles. The minimum atomic E-state index is -2.42. The van der Waals surface area contributed by atoms with Gasteiger partial charge in [-0.2, -0.15) is 0 Å². The highest BCUT2D eigenvalue weighted by molar-refractivity contribution is 5.04. The highest BCUT2D eigenvalue weighted by Crippen LogP contribution is 2.37. The van der Waals surface area contributed by atoms with Crippen molar-refractivity contribution in [1.29, 1.82) is 0 Å². The molecule has 0 radical (unpaired) electrons. The Morgan fingerprint density at radius 3 is 2.85 bits per heavy atom. The molecule has 0 saturated heterocycles. The Labute approximate surface area is 75.3 Å². The molecule has 2 rings (SSSR count). The summed E-state index contributed by atoms with van der Waals surface area (Å²) in [6.07, 6.45) is 1.79. The number of halogens is 2. The molecule has 2 N–H and O–H groups in total. The molecule has 0 aromatic carbocycles. The van der Waals surface area contributed by atoms with E-state index in [2.05, 4.69) is 10.3 Å². The van der Waals surface area contributed by atoms with Crippen molar-refractivity contribution in [2.24, 2.45) is 0 Å². The standard InChI is InChI=1S/C9H12F2N2/c10-9(11)4-8(5-9)13-6-7-2-1-3-12-7/h1-3,8,12-13H,4-6H2. The van der Waals surface area contributed by atoms with E-state index in [-0.39, 0.29) is 18.9 Å². The van der Waals surface area contributed by atoms with Crippen molar-refractivity contribution in [3.8, 4) is 0 Å². The third-order valence-corrected chi connectivity index (χ3v) is 2.33. The van der Waals surface area contributed by atoms with E-state index in [1.54, 1.807) is 0 Å². The van der Waals surface area contributed by atoms with E-state index in [4.69, 9.17) is 0 Å². The number of rotatable bonds is 3. The molecule has 0 amide bonds.